The standard InChI is InChI=1S/C17H22N2O4/c1-3-23-17(21)15-13-8-9-14(16(20)18-15)19(13)10-11-4-6-12(22-2)7-5-11/h4-7,13-15H,3,8-10H2,1-2H3,(H,18,20). The van der Waals surface area contributed by atoms with E-state index < -0.39 is 6.04 Å². The van der Waals surface area contributed by atoms with E-state index in [0.717, 1.165) is 24.2 Å². The monoisotopic (exact) mass is 318 g/mol. The van der Waals surface area contributed by atoms with Crippen molar-refractivity contribution in [1.29, 1.82) is 0 Å². The normalized spacial score (nSPS) is 26.7. The van der Waals surface area contributed by atoms with Gasteiger partial charge in [-0.25, -0.2) is 4.79 Å². The zero-order valence-corrected chi connectivity index (χ0v) is 13.5. The first-order chi connectivity index (χ1) is 11.1. The second kappa shape index (κ2) is 6.58. The molecule has 0 saturated carbocycles. The molecule has 23 heavy (non-hydrogen) atoms. The van der Waals surface area contributed by atoms with Crippen molar-refractivity contribution in [2.75, 3.05) is 13.7 Å². The number of benzene rings is 1. The van der Waals surface area contributed by atoms with Crippen LogP contribution in [0.25, 0.3) is 0 Å². The molecule has 0 spiro atoms. The summed E-state index contributed by atoms with van der Waals surface area (Å²) in [6.45, 7) is 2.73. The fourth-order valence-electron chi connectivity index (χ4n) is 3.49. The molecule has 1 aromatic rings. The van der Waals surface area contributed by atoms with Gasteiger partial charge in [-0.1, -0.05) is 12.1 Å². The fourth-order valence-corrected chi connectivity index (χ4v) is 3.49. The van der Waals surface area contributed by atoms with E-state index in [4.69, 9.17) is 9.47 Å². The number of carbonyl (C=O) groups is 2. The Morgan fingerprint density at radius 1 is 1.30 bits per heavy atom. The van der Waals surface area contributed by atoms with Gasteiger partial charge in [0.25, 0.3) is 0 Å². The van der Waals surface area contributed by atoms with Crippen LogP contribution in [0.3, 0.4) is 0 Å². The van der Waals surface area contributed by atoms with Crippen LogP contribution in [0.4, 0.5) is 0 Å². The average Bonchev–Trinajstić information content (AvgIpc) is 2.87. The van der Waals surface area contributed by atoms with Gasteiger partial charge >= 0.3 is 5.97 Å². The predicted molar refractivity (Wildman–Crippen MR) is 83.9 cm³/mol. The van der Waals surface area contributed by atoms with Crippen LogP contribution in [0.5, 0.6) is 5.75 Å². The lowest BCUT2D eigenvalue weighted by Gasteiger charge is -2.38. The van der Waals surface area contributed by atoms with Crippen LogP contribution in [0.15, 0.2) is 24.3 Å². The van der Waals surface area contributed by atoms with Crippen molar-refractivity contribution in [2.45, 2.75) is 44.4 Å². The molecule has 2 fully saturated rings. The summed E-state index contributed by atoms with van der Waals surface area (Å²) in [5.74, 6) is 0.383. The number of piperazine rings is 1. The molecule has 2 heterocycles. The molecule has 1 amide bonds. The third kappa shape index (κ3) is 3.03. The lowest BCUT2D eigenvalue weighted by Crippen LogP contribution is -2.63. The summed E-state index contributed by atoms with van der Waals surface area (Å²) >= 11 is 0. The second-order valence-electron chi connectivity index (χ2n) is 5.92. The van der Waals surface area contributed by atoms with Gasteiger partial charge in [0.05, 0.1) is 19.8 Å². The lowest BCUT2D eigenvalue weighted by atomic mass is 10.0. The van der Waals surface area contributed by atoms with Gasteiger partial charge in [0.1, 0.15) is 11.8 Å². The van der Waals surface area contributed by atoms with Gasteiger partial charge in [-0.05, 0) is 37.5 Å². The van der Waals surface area contributed by atoms with Crippen LogP contribution in [-0.4, -0.2) is 48.6 Å². The molecular weight excluding hydrogens is 296 g/mol. The van der Waals surface area contributed by atoms with Crippen molar-refractivity contribution >= 4 is 11.9 Å². The Labute approximate surface area is 135 Å². The van der Waals surface area contributed by atoms with Crippen molar-refractivity contribution in [2.24, 2.45) is 0 Å². The Hall–Kier alpha value is -2.08. The van der Waals surface area contributed by atoms with Crippen molar-refractivity contribution < 1.29 is 19.1 Å². The van der Waals surface area contributed by atoms with E-state index in [1.165, 1.54) is 0 Å². The molecule has 1 N–H and O–H groups in total. The van der Waals surface area contributed by atoms with Crippen LogP contribution >= 0.6 is 0 Å². The number of amides is 1. The molecule has 2 aliphatic rings. The number of hydrogen-bond acceptors (Lipinski definition) is 5. The Balaban J connectivity index is 1.77. The fraction of sp³-hybridized carbons (Fsp3) is 0.529. The third-order valence-corrected chi connectivity index (χ3v) is 4.61. The summed E-state index contributed by atoms with van der Waals surface area (Å²) in [7, 11) is 1.63. The van der Waals surface area contributed by atoms with Gasteiger partial charge in [-0.2, -0.15) is 0 Å². The first kappa shape index (κ1) is 15.8. The van der Waals surface area contributed by atoms with Crippen molar-refractivity contribution in [3.63, 3.8) is 0 Å². The Kier molecular flexibility index (Phi) is 4.52. The van der Waals surface area contributed by atoms with E-state index in [9.17, 15) is 9.59 Å². The highest BCUT2D eigenvalue weighted by molar-refractivity contribution is 5.90. The van der Waals surface area contributed by atoms with Crippen molar-refractivity contribution in [1.82, 2.24) is 10.2 Å². The predicted octanol–water partition coefficient (Wildman–Crippen LogP) is 1.09. The second-order valence-corrected chi connectivity index (χ2v) is 5.92. The van der Waals surface area contributed by atoms with Crippen molar-refractivity contribution in [3.05, 3.63) is 29.8 Å². The number of nitrogens with zero attached hydrogens (tertiary/aromatic N) is 1. The number of methoxy groups -OCH3 is 1. The van der Waals surface area contributed by atoms with E-state index >= 15 is 0 Å². The molecule has 2 aliphatic heterocycles. The van der Waals surface area contributed by atoms with Crippen LogP contribution in [-0.2, 0) is 20.9 Å². The maximum absolute atomic E-state index is 12.3. The number of ether oxygens (including phenoxy) is 2. The van der Waals surface area contributed by atoms with Crippen LogP contribution in [0, 0.1) is 0 Å². The maximum atomic E-state index is 12.3. The van der Waals surface area contributed by atoms with Gasteiger partial charge in [-0.15, -0.1) is 0 Å². The van der Waals surface area contributed by atoms with E-state index in [2.05, 4.69) is 10.2 Å². The Morgan fingerprint density at radius 3 is 2.70 bits per heavy atom. The summed E-state index contributed by atoms with van der Waals surface area (Å²) in [4.78, 5) is 26.6. The summed E-state index contributed by atoms with van der Waals surface area (Å²) in [6.07, 6.45) is 1.60. The summed E-state index contributed by atoms with van der Waals surface area (Å²) in [5.41, 5.74) is 1.10. The van der Waals surface area contributed by atoms with Crippen LogP contribution in [0.2, 0.25) is 0 Å². The molecule has 124 valence electrons. The van der Waals surface area contributed by atoms with Gasteiger partial charge in [0.15, 0.2) is 0 Å². The minimum Gasteiger partial charge on any atom is -0.497 e. The summed E-state index contributed by atoms with van der Waals surface area (Å²) < 4.78 is 10.3. The number of carbonyl (C=O) groups excluding carboxylic acids is 2. The van der Waals surface area contributed by atoms with Crippen LogP contribution < -0.4 is 10.1 Å². The van der Waals surface area contributed by atoms with Gasteiger partial charge in [-0.3, -0.25) is 9.69 Å². The molecule has 2 bridgehead atoms. The van der Waals surface area contributed by atoms with Gasteiger partial charge in [0, 0.05) is 12.6 Å². The molecule has 0 radical (unpaired) electrons. The molecule has 2 saturated heterocycles. The number of fused-ring (bicyclic) bond motifs is 2. The Morgan fingerprint density at radius 2 is 2.04 bits per heavy atom. The highest BCUT2D eigenvalue weighted by atomic mass is 16.5. The molecule has 6 heteroatoms. The number of esters is 1. The summed E-state index contributed by atoms with van der Waals surface area (Å²) in [5, 5.41) is 2.82. The molecule has 3 atom stereocenters. The molecule has 3 unspecified atom stereocenters. The minimum atomic E-state index is -0.570. The van der Waals surface area contributed by atoms with E-state index in [0.29, 0.717) is 13.2 Å². The third-order valence-electron chi connectivity index (χ3n) is 4.61. The van der Waals surface area contributed by atoms with E-state index in [1.54, 1.807) is 14.0 Å². The minimum absolute atomic E-state index is 0.00106. The van der Waals surface area contributed by atoms with Gasteiger partial charge < -0.3 is 14.8 Å². The van der Waals surface area contributed by atoms with Crippen LogP contribution in [0.1, 0.15) is 25.3 Å². The lowest BCUT2D eigenvalue weighted by molar-refractivity contribution is -0.152. The van der Waals surface area contributed by atoms with Crippen molar-refractivity contribution in [3.8, 4) is 5.75 Å². The highest BCUT2D eigenvalue weighted by Crippen LogP contribution is 2.32. The quantitative estimate of drug-likeness (QED) is 0.823. The SMILES string of the molecule is CCOC(=O)C1NC(=O)C2CCC1N2Cc1ccc(OC)cc1. The number of nitrogens with one attached hydrogen (secondary N) is 1. The zero-order chi connectivity index (χ0) is 16.4. The largest absolute Gasteiger partial charge is 0.497 e. The molecule has 3 rings (SSSR count). The Bertz CT molecular complexity index is 587. The molecule has 1 aromatic carbocycles. The highest BCUT2D eigenvalue weighted by Gasteiger charge is 2.49. The summed E-state index contributed by atoms with van der Waals surface area (Å²) in [6, 6.07) is 7.06. The first-order valence-corrected chi connectivity index (χ1v) is 7.99. The molecule has 6 nitrogen and oxygen atoms in total. The van der Waals surface area contributed by atoms with E-state index in [1.807, 2.05) is 24.3 Å². The molecule has 0 aromatic heterocycles. The maximum Gasteiger partial charge on any atom is 0.330 e. The molecular formula is C17H22N2O4. The topological polar surface area (TPSA) is 67.9 Å². The smallest absolute Gasteiger partial charge is 0.330 e. The van der Waals surface area contributed by atoms with E-state index in [-0.39, 0.29) is 24.0 Å². The first-order valence-electron chi connectivity index (χ1n) is 7.99. The number of hydrogen-bond donors (Lipinski definition) is 1. The van der Waals surface area contributed by atoms with Gasteiger partial charge in [0.2, 0.25) is 5.91 Å². The average molecular weight is 318 g/mol. The zero-order valence-electron chi connectivity index (χ0n) is 13.5. The molecule has 0 aliphatic carbocycles. The number of rotatable bonds is 5.